The van der Waals surface area contributed by atoms with Gasteiger partial charge in [-0.15, -0.1) is 0 Å². The molecule has 34 heavy (non-hydrogen) atoms. The van der Waals surface area contributed by atoms with Crippen LogP contribution in [0.5, 0.6) is 0 Å². The van der Waals surface area contributed by atoms with Gasteiger partial charge in [0.05, 0.1) is 16.2 Å². The molecule has 2 aliphatic rings. The van der Waals surface area contributed by atoms with E-state index in [0.29, 0.717) is 12.0 Å². The van der Waals surface area contributed by atoms with Gasteiger partial charge < -0.3 is 4.43 Å². The van der Waals surface area contributed by atoms with Gasteiger partial charge in [0, 0.05) is 11.3 Å². The van der Waals surface area contributed by atoms with Crippen molar-refractivity contribution in [2.75, 3.05) is 0 Å². The van der Waals surface area contributed by atoms with Crippen LogP contribution in [0.15, 0.2) is 71.7 Å². The molecule has 0 saturated carbocycles. The number of carbonyl (C=O) groups is 1. The van der Waals surface area contributed by atoms with E-state index in [1.54, 1.807) is 24.3 Å². The van der Waals surface area contributed by atoms with Crippen molar-refractivity contribution < 1.29 is 17.6 Å². The molecule has 0 saturated heterocycles. The summed E-state index contributed by atoms with van der Waals surface area (Å²) in [4.78, 5) is 13.0. The van der Waals surface area contributed by atoms with Crippen molar-refractivity contribution in [3.05, 3.63) is 66.8 Å². The predicted octanol–water partition coefficient (Wildman–Crippen LogP) is 6.52. The van der Waals surface area contributed by atoms with E-state index in [-0.39, 0.29) is 21.8 Å². The average Bonchev–Trinajstić information content (AvgIpc) is 2.72. The molecule has 0 heterocycles. The number of benzene rings is 1. The molecule has 0 aliphatic heterocycles. The normalized spacial score (nSPS) is 30.9. The van der Waals surface area contributed by atoms with Gasteiger partial charge in [-0.1, -0.05) is 84.5 Å². The zero-order valence-electron chi connectivity index (χ0n) is 21.9. The first kappa shape index (κ1) is 26.8. The highest BCUT2D eigenvalue weighted by atomic mass is 32.2. The fraction of sp³-hybridized carbons (Fsp3) is 0.536. The Balaban J connectivity index is 2.21. The molecule has 0 radical (unpaired) electrons. The van der Waals surface area contributed by atoms with Crippen molar-refractivity contribution >= 4 is 23.9 Å². The Kier molecular flexibility index (Phi) is 6.88. The van der Waals surface area contributed by atoms with Crippen molar-refractivity contribution in [3.8, 4) is 0 Å². The van der Waals surface area contributed by atoms with Gasteiger partial charge in [-0.2, -0.15) is 0 Å². The van der Waals surface area contributed by atoms with E-state index < -0.39 is 40.2 Å². The number of sulfone groups is 1. The highest BCUT2D eigenvalue weighted by Crippen LogP contribution is 2.51. The summed E-state index contributed by atoms with van der Waals surface area (Å²) in [5.41, 5.74) is -0.786. The first-order valence-corrected chi connectivity index (χ1v) is 16.5. The standard InChI is InChI=1S/C28H40O4SSi/c1-20-22(29)15-17-28(7)18-16-24(32-34(8,9)26(2,3)4)27(5,6)19-23(25(20)28)33(30,31)21-13-11-10-12-14-21/h10-18,23-25H,1,19H2,2-9H3/b18-16-/t23-,24+,25-,28+/m1/s1. The van der Waals surface area contributed by atoms with Crippen LogP contribution in [-0.2, 0) is 19.1 Å². The van der Waals surface area contributed by atoms with Crippen LogP contribution in [0.3, 0.4) is 0 Å². The van der Waals surface area contributed by atoms with Gasteiger partial charge in [-0.3, -0.25) is 4.79 Å². The molecule has 0 fully saturated rings. The maximum Gasteiger partial charge on any atom is 0.192 e. The molecule has 4 atom stereocenters. The minimum atomic E-state index is -3.76. The van der Waals surface area contributed by atoms with Crippen LogP contribution in [0.1, 0.15) is 48.0 Å². The molecule has 0 aromatic heterocycles. The lowest BCUT2D eigenvalue weighted by molar-refractivity contribution is -0.112. The monoisotopic (exact) mass is 500 g/mol. The van der Waals surface area contributed by atoms with Crippen molar-refractivity contribution in [3.63, 3.8) is 0 Å². The number of hydrogen-bond acceptors (Lipinski definition) is 4. The van der Waals surface area contributed by atoms with E-state index >= 15 is 0 Å². The molecule has 0 unspecified atom stereocenters. The summed E-state index contributed by atoms with van der Waals surface area (Å²) in [7, 11) is -5.89. The Labute approximate surface area is 207 Å². The third kappa shape index (κ3) is 4.82. The van der Waals surface area contributed by atoms with Gasteiger partial charge in [0.25, 0.3) is 0 Å². The van der Waals surface area contributed by atoms with Crippen LogP contribution in [-0.4, -0.2) is 33.9 Å². The fourth-order valence-corrected chi connectivity index (χ4v) is 8.59. The predicted molar refractivity (Wildman–Crippen MR) is 142 cm³/mol. The Morgan fingerprint density at radius 2 is 1.65 bits per heavy atom. The zero-order valence-corrected chi connectivity index (χ0v) is 23.7. The highest BCUT2D eigenvalue weighted by molar-refractivity contribution is 7.92. The van der Waals surface area contributed by atoms with E-state index in [9.17, 15) is 13.2 Å². The quantitative estimate of drug-likeness (QED) is 0.268. The zero-order chi connectivity index (χ0) is 25.7. The third-order valence-electron chi connectivity index (χ3n) is 8.15. The number of carbonyl (C=O) groups excluding carboxylic acids is 1. The third-order valence-corrected chi connectivity index (χ3v) is 14.8. The summed E-state index contributed by atoms with van der Waals surface area (Å²) >= 11 is 0. The van der Waals surface area contributed by atoms with E-state index in [2.05, 4.69) is 66.4 Å². The Hall–Kier alpha value is -1.76. The van der Waals surface area contributed by atoms with Gasteiger partial charge in [-0.05, 0) is 53.7 Å². The van der Waals surface area contributed by atoms with Crippen molar-refractivity contribution in [1.29, 1.82) is 0 Å². The Morgan fingerprint density at radius 3 is 2.21 bits per heavy atom. The van der Waals surface area contributed by atoms with E-state index in [1.807, 2.05) is 19.1 Å². The van der Waals surface area contributed by atoms with E-state index in [4.69, 9.17) is 4.43 Å². The average molecular weight is 501 g/mol. The fourth-order valence-electron chi connectivity index (χ4n) is 4.85. The Bertz CT molecular complexity index is 1120. The number of fused-ring (bicyclic) bond motifs is 1. The molecule has 0 bridgehead atoms. The van der Waals surface area contributed by atoms with Crippen LogP contribution < -0.4 is 0 Å². The molecule has 1 aromatic rings. The van der Waals surface area contributed by atoms with Gasteiger partial charge in [0.1, 0.15) is 0 Å². The van der Waals surface area contributed by atoms with Gasteiger partial charge in [-0.25, -0.2) is 8.42 Å². The molecule has 6 heteroatoms. The lowest BCUT2D eigenvalue weighted by Gasteiger charge is -2.49. The molecular formula is C28H40O4SSi. The van der Waals surface area contributed by atoms with Crippen molar-refractivity contribution in [2.24, 2.45) is 16.7 Å². The molecule has 0 N–H and O–H groups in total. The number of ketones is 1. The molecule has 3 rings (SSSR count). The molecule has 0 amide bonds. The van der Waals surface area contributed by atoms with Crippen molar-refractivity contribution in [2.45, 2.75) is 82.3 Å². The van der Waals surface area contributed by atoms with E-state index in [1.165, 1.54) is 6.08 Å². The molecule has 2 aliphatic carbocycles. The van der Waals surface area contributed by atoms with Gasteiger partial charge in [0.15, 0.2) is 23.9 Å². The molecule has 186 valence electrons. The SMILES string of the molecule is C=C1C(=O)C=C[C@@]2(C)/C=C\[C@H](O[Si](C)(C)C(C)(C)C)C(C)(C)C[C@@H](S(=O)(=O)c3ccccc3)[C@@H]12. The molecule has 4 nitrogen and oxygen atoms in total. The van der Waals surface area contributed by atoms with Crippen LogP contribution in [0.25, 0.3) is 0 Å². The van der Waals surface area contributed by atoms with Gasteiger partial charge in [0.2, 0.25) is 0 Å². The second kappa shape index (κ2) is 8.72. The minimum absolute atomic E-state index is 0.0205. The van der Waals surface area contributed by atoms with Crippen LogP contribution in [0, 0.1) is 16.7 Å². The molecule has 0 spiro atoms. The smallest absolute Gasteiger partial charge is 0.192 e. The highest BCUT2D eigenvalue weighted by Gasteiger charge is 2.52. The van der Waals surface area contributed by atoms with Crippen molar-refractivity contribution in [1.82, 2.24) is 0 Å². The summed E-state index contributed by atoms with van der Waals surface area (Å²) < 4.78 is 35.1. The van der Waals surface area contributed by atoms with Crippen LogP contribution in [0.4, 0.5) is 0 Å². The molecular weight excluding hydrogens is 460 g/mol. The van der Waals surface area contributed by atoms with Gasteiger partial charge >= 0.3 is 0 Å². The first-order chi connectivity index (χ1) is 15.4. The first-order valence-electron chi connectivity index (χ1n) is 12.0. The largest absolute Gasteiger partial charge is 0.410 e. The van der Waals surface area contributed by atoms with Crippen LogP contribution >= 0.6 is 0 Å². The summed E-state index contributed by atoms with van der Waals surface area (Å²) in [5.74, 6) is -0.754. The number of hydrogen-bond donors (Lipinski definition) is 0. The summed E-state index contributed by atoms with van der Waals surface area (Å²) in [5, 5.41) is -0.793. The summed E-state index contributed by atoms with van der Waals surface area (Å²) in [6, 6.07) is 8.57. The number of rotatable bonds is 4. The van der Waals surface area contributed by atoms with E-state index in [0.717, 1.165) is 0 Å². The molecule has 1 aromatic carbocycles. The lowest BCUT2D eigenvalue weighted by atomic mass is 9.63. The summed E-state index contributed by atoms with van der Waals surface area (Å²) in [6.07, 6.45) is 7.64. The lowest BCUT2D eigenvalue weighted by Crippen LogP contribution is -2.52. The summed E-state index contributed by atoms with van der Waals surface area (Å²) in [6.45, 7) is 21.3. The van der Waals surface area contributed by atoms with Crippen LogP contribution in [0.2, 0.25) is 18.1 Å². The Morgan fingerprint density at radius 1 is 1.06 bits per heavy atom. The minimum Gasteiger partial charge on any atom is -0.410 e. The second-order valence-electron chi connectivity index (χ2n) is 12.3. The maximum atomic E-state index is 14.1. The number of allylic oxidation sites excluding steroid dienone is 4. The second-order valence-corrected chi connectivity index (χ2v) is 19.2. The maximum absolute atomic E-state index is 14.1. The topological polar surface area (TPSA) is 60.4 Å².